The normalized spacial score (nSPS) is 20.4. The Labute approximate surface area is 108 Å². The smallest absolute Gasteiger partial charge is 0.139 e. The van der Waals surface area contributed by atoms with Crippen molar-refractivity contribution in [3.05, 3.63) is 27.5 Å². The molecule has 1 fully saturated rings. The molecule has 0 aliphatic carbocycles. The lowest BCUT2D eigenvalue weighted by atomic mass is 10.0. The summed E-state index contributed by atoms with van der Waals surface area (Å²) in [5.74, 6) is 0.402. The summed E-state index contributed by atoms with van der Waals surface area (Å²) < 4.78 is 25.4. The van der Waals surface area contributed by atoms with E-state index >= 15 is 0 Å². The topological polar surface area (TPSA) is 30.5 Å². The molecule has 2 rings (SSSR count). The lowest BCUT2D eigenvalue weighted by molar-refractivity contribution is 0.0256. The van der Waals surface area contributed by atoms with Crippen LogP contribution in [0.3, 0.4) is 0 Å². The fraction of sp³-hybridized carbons (Fsp3) is 0.500. The molecule has 1 aromatic rings. The maximum atomic E-state index is 13.7. The summed E-state index contributed by atoms with van der Waals surface area (Å²) in [7, 11) is 1.58. The molecule has 0 radical (unpaired) electrons. The molecular weight excluding hydrogens is 289 g/mol. The lowest BCUT2D eigenvalue weighted by Gasteiger charge is -2.27. The van der Waals surface area contributed by atoms with Crippen molar-refractivity contribution in [3.63, 3.8) is 0 Å². The summed E-state index contributed by atoms with van der Waals surface area (Å²) >= 11 is 3.32. The van der Waals surface area contributed by atoms with Crippen molar-refractivity contribution in [1.29, 1.82) is 0 Å². The van der Waals surface area contributed by atoms with Crippen LogP contribution in [-0.2, 0) is 4.74 Å². The monoisotopic (exact) mass is 303 g/mol. The van der Waals surface area contributed by atoms with E-state index in [1.165, 1.54) is 6.07 Å². The van der Waals surface area contributed by atoms with Gasteiger partial charge >= 0.3 is 0 Å². The highest BCUT2D eigenvalue weighted by Crippen LogP contribution is 2.38. The predicted molar refractivity (Wildman–Crippen MR) is 67.0 cm³/mol. The van der Waals surface area contributed by atoms with Crippen molar-refractivity contribution in [2.24, 2.45) is 0 Å². The van der Waals surface area contributed by atoms with Crippen molar-refractivity contribution in [2.45, 2.75) is 13.0 Å². The van der Waals surface area contributed by atoms with Crippen molar-refractivity contribution >= 4 is 15.9 Å². The van der Waals surface area contributed by atoms with Crippen LogP contribution in [0.25, 0.3) is 0 Å². The summed E-state index contributed by atoms with van der Waals surface area (Å²) in [6, 6.07) is 1.42. The minimum atomic E-state index is -0.248. The zero-order valence-corrected chi connectivity index (χ0v) is 11.4. The van der Waals surface area contributed by atoms with E-state index in [0.717, 1.165) is 12.1 Å². The van der Waals surface area contributed by atoms with Gasteiger partial charge in [-0.05, 0) is 34.5 Å². The van der Waals surface area contributed by atoms with Gasteiger partial charge in [0.2, 0.25) is 0 Å². The standard InChI is InChI=1S/C12H15BrFNO2/c1-7-9(14)5-8(13)12(16-2)11(7)10-6-15-3-4-17-10/h5,10,15H,3-4,6H2,1-2H3. The molecule has 1 heterocycles. The molecule has 3 nitrogen and oxygen atoms in total. The molecule has 5 heteroatoms. The van der Waals surface area contributed by atoms with Crippen LogP contribution in [0.1, 0.15) is 17.2 Å². The van der Waals surface area contributed by atoms with Crippen LogP contribution in [-0.4, -0.2) is 26.8 Å². The summed E-state index contributed by atoms with van der Waals surface area (Å²) in [5, 5.41) is 3.23. The van der Waals surface area contributed by atoms with Crippen LogP contribution in [0, 0.1) is 12.7 Å². The van der Waals surface area contributed by atoms with Gasteiger partial charge in [0.1, 0.15) is 11.6 Å². The first-order chi connectivity index (χ1) is 8.15. The molecule has 1 aliphatic heterocycles. The Morgan fingerprint density at radius 1 is 1.59 bits per heavy atom. The molecule has 1 atom stereocenters. The third kappa shape index (κ3) is 2.46. The number of ether oxygens (including phenoxy) is 2. The molecule has 94 valence electrons. The highest BCUT2D eigenvalue weighted by molar-refractivity contribution is 9.10. The number of methoxy groups -OCH3 is 1. The number of benzene rings is 1. The van der Waals surface area contributed by atoms with E-state index in [9.17, 15) is 4.39 Å². The van der Waals surface area contributed by atoms with E-state index in [1.807, 2.05) is 0 Å². The van der Waals surface area contributed by atoms with Crippen molar-refractivity contribution < 1.29 is 13.9 Å². The van der Waals surface area contributed by atoms with Gasteiger partial charge in [-0.3, -0.25) is 0 Å². The summed E-state index contributed by atoms with van der Waals surface area (Å²) in [5.41, 5.74) is 1.37. The second-order valence-corrected chi connectivity index (χ2v) is 4.83. The Kier molecular flexibility index (Phi) is 4.01. The van der Waals surface area contributed by atoms with E-state index < -0.39 is 0 Å². The van der Waals surface area contributed by atoms with Crippen molar-refractivity contribution in [2.75, 3.05) is 26.8 Å². The van der Waals surface area contributed by atoms with Gasteiger partial charge in [0.25, 0.3) is 0 Å². The molecule has 1 aromatic carbocycles. The highest BCUT2D eigenvalue weighted by atomic mass is 79.9. The van der Waals surface area contributed by atoms with Crippen LogP contribution < -0.4 is 10.1 Å². The van der Waals surface area contributed by atoms with Crippen LogP contribution in [0.4, 0.5) is 4.39 Å². The van der Waals surface area contributed by atoms with E-state index in [2.05, 4.69) is 21.2 Å². The van der Waals surface area contributed by atoms with E-state index in [-0.39, 0.29) is 11.9 Å². The van der Waals surface area contributed by atoms with Gasteiger partial charge in [-0.2, -0.15) is 0 Å². The van der Waals surface area contributed by atoms with Gasteiger partial charge in [-0.25, -0.2) is 4.39 Å². The zero-order chi connectivity index (χ0) is 12.4. The summed E-state index contributed by atoms with van der Waals surface area (Å²) in [6.07, 6.45) is -0.161. The van der Waals surface area contributed by atoms with Gasteiger partial charge in [-0.15, -0.1) is 0 Å². The quantitative estimate of drug-likeness (QED) is 0.911. The van der Waals surface area contributed by atoms with Gasteiger partial charge < -0.3 is 14.8 Å². The zero-order valence-electron chi connectivity index (χ0n) is 9.85. The first kappa shape index (κ1) is 12.8. The van der Waals surface area contributed by atoms with Gasteiger partial charge in [0.05, 0.1) is 24.3 Å². The van der Waals surface area contributed by atoms with Crippen molar-refractivity contribution in [1.82, 2.24) is 5.32 Å². The van der Waals surface area contributed by atoms with Gasteiger partial charge in [0, 0.05) is 18.7 Å². The van der Waals surface area contributed by atoms with E-state index in [0.29, 0.717) is 28.9 Å². The van der Waals surface area contributed by atoms with Crippen LogP contribution in [0.5, 0.6) is 5.75 Å². The highest BCUT2D eigenvalue weighted by Gasteiger charge is 2.25. The number of hydrogen-bond donors (Lipinski definition) is 1. The first-order valence-corrected chi connectivity index (χ1v) is 6.29. The van der Waals surface area contributed by atoms with Gasteiger partial charge in [0.15, 0.2) is 0 Å². The molecule has 1 N–H and O–H groups in total. The Bertz CT molecular complexity index is 419. The third-order valence-electron chi connectivity index (χ3n) is 2.93. The molecule has 0 saturated carbocycles. The van der Waals surface area contributed by atoms with E-state index in [1.54, 1.807) is 14.0 Å². The predicted octanol–water partition coefficient (Wildman–Crippen LogP) is 2.57. The third-order valence-corrected chi connectivity index (χ3v) is 3.52. The number of rotatable bonds is 2. The SMILES string of the molecule is COc1c(Br)cc(F)c(C)c1C1CNCCO1. The van der Waals surface area contributed by atoms with Crippen LogP contribution in [0.15, 0.2) is 10.5 Å². The maximum Gasteiger partial charge on any atom is 0.139 e. The molecule has 17 heavy (non-hydrogen) atoms. The maximum absolute atomic E-state index is 13.7. The summed E-state index contributed by atoms with van der Waals surface area (Å²) in [4.78, 5) is 0. The average molecular weight is 304 g/mol. The fourth-order valence-corrected chi connectivity index (χ4v) is 2.64. The average Bonchev–Trinajstić information content (AvgIpc) is 2.34. The number of nitrogens with one attached hydrogen (secondary N) is 1. The largest absolute Gasteiger partial charge is 0.495 e. The molecule has 0 bridgehead atoms. The minimum Gasteiger partial charge on any atom is -0.495 e. The van der Waals surface area contributed by atoms with E-state index in [4.69, 9.17) is 9.47 Å². The molecule has 0 amide bonds. The van der Waals surface area contributed by atoms with Gasteiger partial charge in [-0.1, -0.05) is 0 Å². The first-order valence-electron chi connectivity index (χ1n) is 5.50. The number of morpholine rings is 1. The molecule has 0 aromatic heterocycles. The number of hydrogen-bond acceptors (Lipinski definition) is 3. The second kappa shape index (κ2) is 5.33. The lowest BCUT2D eigenvalue weighted by Crippen LogP contribution is -2.34. The Morgan fingerprint density at radius 2 is 2.35 bits per heavy atom. The molecule has 0 spiro atoms. The molecular formula is C12H15BrFNO2. The number of halogens is 2. The van der Waals surface area contributed by atoms with Crippen molar-refractivity contribution in [3.8, 4) is 5.75 Å². The molecule has 1 unspecified atom stereocenters. The fourth-order valence-electron chi connectivity index (χ4n) is 2.06. The summed E-state index contributed by atoms with van der Waals surface area (Å²) in [6.45, 7) is 3.88. The second-order valence-electron chi connectivity index (χ2n) is 3.98. The Morgan fingerprint density at radius 3 is 2.94 bits per heavy atom. The van der Waals surface area contributed by atoms with Crippen LogP contribution in [0.2, 0.25) is 0 Å². The minimum absolute atomic E-state index is 0.161. The Balaban J connectivity index is 2.48. The molecule has 1 saturated heterocycles. The Hall–Kier alpha value is -0.650. The molecule has 1 aliphatic rings. The van der Waals surface area contributed by atoms with Crippen LogP contribution >= 0.6 is 15.9 Å².